The van der Waals surface area contributed by atoms with Crippen LogP contribution in [0.5, 0.6) is 0 Å². The summed E-state index contributed by atoms with van der Waals surface area (Å²) in [6, 6.07) is 16.0. The lowest BCUT2D eigenvalue weighted by Crippen LogP contribution is -2.19. The van der Waals surface area contributed by atoms with Crippen molar-refractivity contribution in [3.63, 3.8) is 0 Å². The fraction of sp³-hybridized carbons (Fsp3) is 0.100. The lowest BCUT2D eigenvalue weighted by molar-refractivity contribution is -0.115. The molecule has 1 aromatic heterocycles. The van der Waals surface area contributed by atoms with Gasteiger partial charge in [0.05, 0.1) is 10.6 Å². The van der Waals surface area contributed by atoms with Crippen LogP contribution in [0.3, 0.4) is 0 Å². The van der Waals surface area contributed by atoms with Gasteiger partial charge in [0.1, 0.15) is 0 Å². The number of amides is 1. The number of fused-ring (bicyclic) bond motifs is 1. The van der Waals surface area contributed by atoms with Crippen LogP contribution in [0, 0.1) is 6.92 Å². The van der Waals surface area contributed by atoms with E-state index in [1.54, 1.807) is 0 Å². The first-order valence-electron chi connectivity index (χ1n) is 8.01. The van der Waals surface area contributed by atoms with Crippen molar-refractivity contribution in [1.82, 2.24) is 9.88 Å². The summed E-state index contributed by atoms with van der Waals surface area (Å²) in [4.78, 5) is 17.5. The zero-order valence-corrected chi connectivity index (χ0v) is 14.8. The number of aliphatic imine (C=N–C) groups is 1. The van der Waals surface area contributed by atoms with Crippen LogP contribution in [0.4, 0.5) is 5.69 Å². The quantitative estimate of drug-likeness (QED) is 0.699. The molecule has 1 aliphatic heterocycles. The van der Waals surface area contributed by atoms with Gasteiger partial charge in [0.2, 0.25) is 0 Å². The predicted molar refractivity (Wildman–Crippen MR) is 105 cm³/mol. The maximum atomic E-state index is 12.3. The average molecular weight is 347 g/mol. The SMILES string of the molecule is Cc1ccccc1N=C1NC(=O)C(=Cc2cn(C)c3ccccc23)S1. The summed E-state index contributed by atoms with van der Waals surface area (Å²) >= 11 is 1.38. The van der Waals surface area contributed by atoms with Gasteiger partial charge in [-0.25, -0.2) is 4.99 Å². The fourth-order valence-corrected chi connectivity index (χ4v) is 3.73. The number of benzene rings is 2. The Morgan fingerprint density at radius 2 is 1.88 bits per heavy atom. The molecule has 0 bridgehead atoms. The zero-order chi connectivity index (χ0) is 17.4. The Morgan fingerprint density at radius 3 is 2.72 bits per heavy atom. The lowest BCUT2D eigenvalue weighted by Gasteiger charge is -1.99. The van der Waals surface area contributed by atoms with Crippen LogP contribution < -0.4 is 5.32 Å². The standard InChI is InChI=1S/C20H17N3OS/c1-13-7-3-5-9-16(13)21-20-22-19(24)18(25-20)11-14-12-23(2)17-10-6-4-8-15(14)17/h3-12H,1-2H3,(H,21,22,24). The number of carbonyl (C=O) groups is 1. The molecule has 0 aliphatic carbocycles. The van der Waals surface area contributed by atoms with Crippen molar-refractivity contribution < 1.29 is 4.79 Å². The maximum Gasteiger partial charge on any atom is 0.264 e. The number of nitrogens with one attached hydrogen (secondary N) is 1. The summed E-state index contributed by atoms with van der Waals surface area (Å²) < 4.78 is 2.07. The molecular formula is C20H17N3OS. The first-order chi connectivity index (χ1) is 12.1. The van der Waals surface area contributed by atoms with Crippen molar-refractivity contribution in [2.45, 2.75) is 6.92 Å². The first kappa shape index (κ1) is 15.7. The molecule has 4 rings (SSSR count). The van der Waals surface area contributed by atoms with Gasteiger partial charge in [-0.2, -0.15) is 0 Å². The minimum atomic E-state index is -0.106. The number of carbonyl (C=O) groups excluding carboxylic acids is 1. The van der Waals surface area contributed by atoms with Crippen LogP contribution in [0.15, 0.2) is 64.6 Å². The molecule has 1 aliphatic rings. The summed E-state index contributed by atoms with van der Waals surface area (Å²) in [5, 5.41) is 4.60. The van der Waals surface area contributed by atoms with Gasteiger partial charge in [-0.3, -0.25) is 4.79 Å². The van der Waals surface area contributed by atoms with E-state index in [0.717, 1.165) is 27.7 Å². The van der Waals surface area contributed by atoms with Gasteiger partial charge >= 0.3 is 0 Å². The number of para-hydroxylation sites is 2. The summed E-state index contributed by atoms with van der Waals surface area (Å²) in [5.74, 6) is -0.106. The smallest absolute Gasteiger partial charge is 0.264 e. The molecule has 25 heavy (non-hydrogen) atoms. The molecule has 1 N–H and O–H groups in total. The largest absolute Gasteiger partial charge is 0.350 e. The second-order valence-corrected chi connectivity index (χ2v) is 7.01. The Bertz CT molecular complexity index is 1050. The zero-order valence-electron chi connectivity index (χ0n) is 14.0. The van der Waals surface area contributed by atoms with E-state index in [-0.39, 0.29) is 5.91 Å². The molecule has 1 amide bonds. The number of hydrogen-bond acceptors (Lipinski definition) is 3. The van der Waals surface area contributed by atoms with Crippen molar-refractivity contribution >= 4 is 45.5 Å². The number of aromatic nitrogens is 1. The van der Waals surface area contributed by atoms with Gasteiger partial charge in [0.15, 0.2) is 5.17 Å². The second kappa shape index (κ2) is 6.26. The van der Waals surface area contributed by atoms with Crippen molar-refractivity contribution in [2.24, 2.45) is 12.0 Å². The second-order valence-electron chi connectivity index (χ2n) is 5.98. The average Bonchev–Trinajstić information content (AvgIpc) is 3.11. The highest BCUT2D eigenvalue weighted by atomic mass is 32.2. The third-order valence-corrected chi connectivity index (χ3v) is 5.11. The fourth-order valence-electron chi connectivity index (χ4n) is 2.91. The topological polar surface area (TPSA) is 46.4 Å². The van der Waals surface area contributed by atoms with Crippen LogP contribution in [-0.2, 0) is 11.8 Å². The van der Waals surface area contributed by atoms with E-state index in [1.165, 1.54) is 11.8 Å². The molecular weight excluding hydrogens is 330 g/mol. The van der Waals surface area contributed by atoms with Crippen molar-refractivity contribution in [3.05, 3.63) is 70.8 Å². The maximum absolute atomic E-state index is 12.3. The molecule has 0 unspecified atom stereocenters. The highest BCUT2D eigenvalue weighted by Gasteiger charge is 2.24. The molecule has 124 valence electrons. The van der Waals surface area contributed by atoms with Gasteiger partial charge in [0, 0.05) is 29.7 Å². The van der Waals surface area contributed by atoms with E-state index >= 15 is 0 Å². The molecule has 2 heterocycles. The highest BCUT2D eigenvalue weighted by molar-refractivity contribution is 8.18. The van der Waals surface area contributed by atoms with Gasteiger partial charge in [-0.15, -0.1) is 0 Å². The number of rotatable bonds is 2. The molecule has 1 saturated heterocycles. The number of hydrogen-bond donors (Lipinski definition) is 1. The lowest BCUT2D eigenvalue weighted by atomic mass is 10.1. The Hall–Kier alpha value is -2.79. The summed E-state index contributed by atoms with van der Waals surface area (Å²) in [6.45, 7) is 2.01. The van der Waals surface area contributed by atoms with Crippen LogP contribution in [0.2, 0.25) is 0 Å². The number of nitrogens with zero attached hydrogens (tertiary/aromatic N) is 2. The van der Waals surface area contributed by atoms with E-state index in [0.29, 0.717) is 10.1 Å². The minimum Gasteiger partial charge on any atom is -0.350 e. The molecule has 1 fully saturated rings. The number of aryl methyl sites for hydroxylation is 2. The van der Waals surface area contributed by atoms with Crippen LogP contribution >= 0.6 is 11.8 Å². The molecule has 2 aromatic carbocycles. The Kier molecular flexibility index (Phi) is 3.93. The summed E-state index contributed by atoms with van der Waals surface area (Å²) in [7, 11) is 2.01. The van der Waals surface area contributed by atoms with Gasteiger partial charge < -0.3 is 9.88 Å². The van der Waals surface area contributed by atoms with Gasteiger partial charge in [-0.05, 0) is 42.5 Å². The van der Waals surface area contributed by atoms with Crippen LogP contribution in [0.1, 0.15) is 11.1 Å². The normalized spacial score (nSPS) is 17.6. The predicted octanol–water partition coefficient (Wildman–Crippen LogP) is 4.38. The van der Waals surface area contributed by atoms with E-state index in [9.17, 15) is 4.79 Å². The number of amidine groups is 1. The van der Waals surface area contributed by atoms with Crippen LogP contribution in [-0.4, -0.2) is 15.6 Å². The van der Waals surface area contributed by atoms with Crippen molar-refractivity contribution in [3.8, 4) is 0 Å². The van der Waals surface area contributed by atoms with Crippen molar-refractivity contribution in [1.29, 1.82) is 0 Å². The van der Waals surface area contributed by atoms with Crippen molar-refractivity contribution in [2.75, 3.05) is 0 Å². The highest BCUT2D eigenvalue weighted by Crippen LogP contribution is 2.31. The van der Waals surface area contributed by atoms with E-state index in [4.69, 9.17) is 0 Å². The summed E-state index contributed by atoms with van der Waals surface area (Å²) in [5.41, 5.74) is 4.13. The molecule has 0 saturated carbocycles. The third-order valence-electron chi connectivity index (χ3n) is 4.20. The van der Waals surface area contributed by atoms with Gasteiger partial charge in [-0.1, -0.05) is 36.4 Å². The van der Waals surface area contributed by atoms with E-state index in [2.05, 4.69) is 27.0 Å². The first-order valence-corrected chi connectivity index (χ1v) is 8.83. The molecule has 3 aromatic rings. The van der Waals surface area contributed by atoms with Crippen LogP contribution in [0.25, 0.3) is 17.0 Å². The molecule has 0 radical (unpaired) electrons. The summed E-state index contributed by atoms with van der Waals surface area (Å²) in [6.07, 6.45) is 3.98. The molecule has 4 nitrogen and oxygen atoms in total. The molecule has 0 atom stereocenters. The Labute approximate surface area is 150 Å². The number of thioether (sulfide) groups is 1. The Balaban J connectivity index is 1.69. The van der Waals surface area contributed by atoms with E-state index < -0.39 is 0 Å². The third kappa shape index (κ3) is 2.98. The monoisotopic (exact) mass is 347 g/mol. The minimum absolute atomic E-state index is 0.106. The molecule has 0 spiro atoms. The molecule has 5 heteroatoms. The van der Waals surface area contributed by atoms with Gasteiger partial charge in [0.25, 0.3) is 5.91 Å². The van der Waals surface area contributed by atoms with E-state index in [1.807, 2.05) is 62.6 Å². The Morgan fingerprint density at radius 1 is 1.12 bits per heavy atom.